The van der Waals surface area contributed by atoms with Gasteiger partial charge in [-0.05, 0) is 42.0 Å². The molecule has 0 amide bonds. The summed E-state index contributed by atoms with van der Waals surface area (Å²) in [4.78, 5) is 8.18. The average Bonchev–Trinajstić information content (AvgIpc) is 2.72. The Hall–Kier alpha value is -3.47. The first-order valence-corrected chi connectivity index (χ1v) is 9.11. The maximum absolute atomic E-state index is 4.55. The van der Waals surface area contributed by atoms with Crippen LogP contribution in [0.4, 0.5) is 11.4 Å². The Labute approximate surface area is 166 Å². The van der Waals surface area contributed by atoms with Crippen molar-refractivity contribution in [2.45, 2.75) is 0 Å². The van der Waals surface area contributed by atoms with Crippen LogP contribution in [0.1, 0.15) is 16.7 Å². The molecule has 5 nitrogen and oxygen atoms in total. The van der Waals surface area contributed by atoms with E-state index in [0.29, 0.717) is 0 Å². The second-order valence-corrected chi connectivity index (χ2v) is 6.86. The number of hydrogen-bond acceptors (Lipinski definition) is 5. The number of aromatic nitrogens is 1. The lowest BCUT2D eigenvalue weighted by Gasteiger charge is -2.15. The highest BCUT2D eigenvalue weighted by Gasteiger charge is 2.08. The van der Waals surface area contributed by atoms with Crippen molar-refractivity contribution in [3.05, 3.63) is 89.7 Å². The van der Waals surface area contributed by atoms with Crippen molar-refractivity contribution in [1.82, 2.24) is 4.98 Å². The molecular weight excluding hydrogens is 346 g/mol. The van der Waals surface area contributed by atoms with Crippen LogP contribution < -0.4 is 9.80 Å². The van der Waals surface area contributed by atoms with Crippen molar-refractivity contribution in [3.8, 4) is 0 Å². The third kappa shape index (κ3) is 4.82. The molecule has 0 atom stereocenters. The van der Waals surface area contributed by atoms with Gasteiger partial charge in [-0.3, -0.25) is 4.98 Å². The molecule has 2 aromatic carbocycles. The van der Waals surface area contributed by atoms with Crippen LogP contribution in [0.25, 0.3) is 0 Å². The predicted molar refractivity (Wildman–Crippen MR) is 119 cm³/mol. The number of nitrogens with zero attached hydrogens (tertiary/aromatic N) is 5. The molecule has 0 saturated carbocycles. The molecule has 0 aliphatic rings. The van der Waals surface area contributed by atoms with E-state index in [9.17, 15) is 0 Å². The van der Waals surface area contributed by atoms with Crippen LogP contribution in [0.3, 0.4) is 0 Å². The molecule has 0 bridgehead atoms. The van der Waals surface area contributed by atoms with E-state index < -0.39 is 0 Å². The van der Waals surface area contributed by atoms with E-state index in [1.807, 2.05) is 40.3 Å². The molecule has 3 rings (SSSR count). The Bertz CT molecular complexity index is 887. The molecule has 3 aromatic rings. The van der Waals surface area contributed by atoms with Gasteiger partial charge < -0.3 is 9.80 Å². The third-order valence-corrected chi connectivity index (χ3v) is 4.38. The molecular formula is C23H25N5. The van der Waals surface area contributed by atoms with Gasteiger partial charge in [0.25, 0.3) is 0 Å². The molecule has 0 spiro atoms. The van der Waals surface area contributed by atoms with Gasteiger partial charge in [-0.1, -0.05) is 24.3 Å². The van der Waals surface area contributed by atoms with Crippen LogP contribution in [0.5, 0.6) is 0 Å². The minimum atomic E-state index is 0.834. The molecule has 0 aliphatic carbocycles. The molecule has 5 heteroatoms. The van der Waals surface area contributed by atoms with E-state index in [1.165, 1.54) is 0 Å². The third-order valence-electron chi connectivity index (χ3n) is 4.38. The van der Waals surface area contributed by atoms with Gasteiger partial charge in [-0.2, -0.15) is 5.10 Å². The summed E-state index contributed by atoms with van der Waals surface area (Å²) in [6.07, 6.45) is 5.22. The first-order chi connectivity index (χ1) is 13.5. The van der Waals surface area contributed by atoms with Crippen molar-refractivity contribution in [3.63, 3.8) is 0 Å². The Morgan fingerprint density at radius 2 is 1.18 bits per heavy atom. The van der Waals surface area contributed by atoms with E-state index in [2.05, 4.69) is 73.5 Å². The number of hydrogen-bond donors (Lipinski definition) is 0. The zero-order chi connectivity index (χ0) is 19.9. The van der Waals surface area contributed by atoms with Crippen LogP contribution in [-0.4, -0.2) is 45.1 Å². The number of pyridine rings is 1. The van der Waals surface area contributed by atoms with Crippen LogP contribution in [0, 0.1) is 0 Å². The first kappa shape index (κ1) is 19.3. The second kappa shape index (κ2) is 8.95. The van der Waals surface area contributed by atoms with E-state index >= 15 is 0 Å². The summed E-state index contributed by atoms with van der Waals surface area (Å²) in [6, 6.07) is 20.5. The zero-order valence-corrected chi connectivity index (χ0v) is 16.7. The Morgan fingerprint density at radius 1 is 0.714 bits per heavy atom. The lowest BCUT2D eigenvalue weighted by molar-refractivity contribution is 1.13. The minimum absolute atomic E-state index is 0.834. The largest absolute Gasteiger partial charge is 0.378 e. The lowest BCUT2D eigenvalue weighted by atomic mass is 10.0. The summed E-state index contributed by atoms with van der Waals surface area (Å²) < 4.78 is 0. The van der Waals surface area contributed by atoms with Crippen molar-refractivity contribution < 1.29 is 0 Å². The molecule has 1 aromatic heterocycles. The van der Waals surface area contributed by atoms with Gasteiger partial charge in [-0.25, -0.2) is 0 Å². The quantitative estimate of drug-likeness (QED) is 0.484. The predicted octanol–water partition coefficient (Wildman–Crippen LogP) is 4.09. The first-order valence-electron chi connectivity index (χ1n) is 9.11. The van der Waals surface area contributed by atoms with Gasteiger partial charge in [-0.15, -0.1) is 5.10 Å². The Balaban J connectivity index is 1.97. The van der Waals surface area contributed by atoms with E-state index in [4.69, 9.17) is 0 Å². The smallest absolute Gasteiger partial charge is 0.100 e. The van der Waals surface area contributed by atoms with Crippen LogP contribution in [0.2, 0.25) is 0 Å². The van der Waals surface area contributed by atoms with Crippen LogP contribution >= 0.6 is 0 Å². The number of anilines is 2. The lowest BCUT2D eigenvalue weighted by Crippen LogP contribution is -2.10. The fourth-order valence-electron chi connectivity index (χ4n) is 2.72. The summed E-state index contributed by atoms with van der Waals surface area (Å²) in [5.74, 6) is 0. The molecule has 0 fully saturated rings. The SMILES string of the molecule is CN(C)c1ccc(C(=NN=Cc2ccncc2)c2ccc(N(C)C)cc2)cc1. The van der Waals surface area contributed by atoms with E-state index in [0.717, 1.165) is 33.8 Å². The summed E-state index contributed by atoms with van der Waals surface area (Å²) in [7, 11) is 8.12. The van der Waals surface area contributed by atoms with Crippen molar-refractivity contribution in [1.29, 1.82) is 0 Å². The van der Waals surface area contributed by atoms with Gasteiger partial charge in [0.05, 0.1) is 6.21 Å². The average molecular weight is 371 g/mol. The fraction of sp³-hybridized carbons (Fsp3) is 0.174. The number of rotatable bonds is 6. The highest BCUT2D eigenvalue weighted by molar-refractivity contribution is 6.13. The fourth-order valence-corrected chi connectivity index (χ4v) is 2.72. The van der Waals surface area contributed by atoms with E-state index in [1.54, 1.807) is 18.6 Å². The number of benzene rings is 2. The molecule has 0 N–H and O–H groups in total. The van der Waals surface area contributed by atoms with Gasteiger partial charge in [0, 0.05) is 63.1 Å². The topological polar surface area (TPSA) is 44.1 Å². The van der Waals surface area contributed by atoms with Crippen molar-refractivity contribution in [2.75, 3.05) is 38.0 Å². The molecule has 0 radical (unpaired) electrons. The monoisotopic (exact) mass is 371 g/mol. The highest BCUT2D eigenvalue weighted by atomic mass is 15.2. The maximum atomic E-state index is 4.55. The van der Waals surface area contributed by atoms with E-state index in [-0.39, 0.29) is 0 Å². The second-order valence-electron chi connectivity index (χ2n) is 6.86. The molecule has 0 unspecified atom stereocenters. The van der Waals surface area contributed by atoms with Crippen molar-refractivity contribution >= 4 is 23.3 Å². The summed E-state index contributed by atoms with van der Waals surface area (Å²) in [5.41, 5.74) is 6.13. The zero-order valence-electron chi connectivity index (χ0n) is 16.7. The summed E-state index contributed by atoms with van der Waals surface area (Å²) in [5, 5.41) is 8.87. The van der Waals surface area contributed by atoms with Gasteiger partial charge >= 0.3 is 0 Å². The van der Waals surface area contributed by atoms with Crippen LogP contribution in [-0.2, 0) is 0 Å². The molecule has 0 saturated heterocycles. The van der Waals surface area contributed by atoms with Gasteiger partial charge in [0.15, 0.2) is 0 Å². The minimum Gasteiger partial charge on any atom is -0.378 e. The van der Waals surface area contributed by atoms with Gasteiger partial charge in [0.1, 0.15) is 5.71 Å². The molecule has 142 valence electrons. The highest BCUT2D eigenvalue weighted by Crippen LogP contribution is 2.19. The molecule has 28 heavy (non-hydrogen) atoms. The van der Waals surface area contributed by atoms with Crippen molar-refractivity contribution in [2.24, 2.45) is 10.2 Å². The summed E-state index contributed by atoms with van der Waals surface area (Å²) >= 11 is 0. The molecule has 1 heterocycles. The maximum Gasteiger partial charge on any atom is 0.100 e. The Morgan fingerprint density at radius 3 is 1.61 bits per heavy atom. The Kier molecular flexibility index (Phi) is 6.17. The summed E-state index contributed by atoms with van der Waals surface area (Å²) in [6.45, 7) is 0. The van der Waals surface area contributed by atoms with Gasteiger partial charge in [0.2, 0.25) is 0 Å². The van der Waals surface area contributed by atoms with Crippen LogP contribution in [0.15, 0.2) is 83.3 Å². The standard InChI is InChI=1S/C23H25N5/c1-27(2)21-9-5-19(6-10-21)23(20-7-11-22(12-8-20)28(3)4)26-25-17-18-13-15-24-16-14-18/h5-17H,1-4H3. The molecule has 0 aliphatic heterocycles. The normalized spacial score (nSPS) is 10.7.